The Morgan fingerprint density at radius 2 is 2.21 bits per heavy atom. The highest BCUT2D eigenvalue weighted by Crippen LogP contribution is 2.29. The SMILES string of the molecule is Cn1cc(C#N)cc1C(=O)N1[C@H]2CCNC[C@@H]1CC2. The van der Waals surface area contributed by atoms with E-state index in [1.165, 1.54) is 0 Å². The van der Waals surface area contributed by atoms with Gasteiger partial charge in [0.05, 0.1) is 5.56 Å². The molecule has 0 aliphatic carbocycles. The molecule has 0 unspecified atom stereocenters. The van der Waals surface area contributed by atoms with Crippen LogP contribution in [0, 0.1) is 11.3 Å². The van der Waals surface area contributed by atoms with E-state index in [0.717, 1.165) is 32.4 Å². The summed E-state index contributed by atoms with van der Waals surface area (Å²) >= 11 is 0. The summed E-state index contributed by atoms with van der Waals surface area (Å²) < 4.78 is 1.76. The van der Waals surface area contributed by atoms with Gasteiger partial charge in [-0.2, -0.15) is 5.26 Å². The van der Waals surface area contributed by atoms with Crippen LogP contribution in [-0.2, 0) is 7.05 Å². The molecule has 2 aliphatic rings. The van der Waals surface area contributed by atoms with E-state index in [1.807, 2.05) is 11.9 Å². The van der Waals surface area contributed by atoms with Crippen LogP contribution in [0.15, 0.2) is 12.3 Å². The Morgan fingerprint density at radius 1 is 1.42 bits per heavy atom. The van der Waals surface area contributed by atoms with Crippen LogP contribution in [0.4, 0.5) is 0 Å². The van der Waals surface area contributed by atoms with Crippen LogP contribution in [0.25, 0.3) is 0 Å². The van der Waals surface area contributed by atoms with Gasteiger partial charge in [-0.25, -0.2) is 0 Å². The maximum absolute atomic E-state index is 12.7. The van der Waals surface area contributed by atoms with Crippen molar-refractivity contribution in [1.29, 1.82) is 5.26 Å². The van der Waals surface area contributed by atoms with Gasteiger partial charge >= 0.3 is 0 Å². The summed E-state index contributed by atoms with van der Waals surface area (Å²) in [6.07, 6.45) is 4.93. The highest BCUT2D eigenvalue weighted by atomic mass is 16.2. The van der Waals surface area contributed by atoms with Crippen molar-refractivity contribution < 1.29 is 4.79 Å². The fourth-order valence-electron chi connectivity index (χ4n) is 3.28. The lowest BCUT2D eigenvalue weighted by Crippen LogP contribution is -2.43. The molecule has 3 heterocycles. The van der Waals surface area contributed by atoms with Gasteiger partial charge in [-0.05, 0) is 31.9 Å². The number of amides is 1. The molecule has 0 aromatic carbocycles. The number of nitrogens with zero attached hydrogens (tertiary/aromatic N) is 3. The summed E-state index contributed by atoms with van der Waals surface area (Å²) in [5.74, 6) is 0.0696. The highest BCUT2D eigenvalue weighted by Gasteiger charge is 2.39. The topological polar surface area (TPSA) is 61.1 Å². The molecule has 19 heavy (non-hydrogen) atoms. The zero-order valence-electron chi connectivity index (χ0n) is 11.1. The summed E-state index contributed by atoms with van der Waals surface area (Å²) in [5, 5.41) is 12.3. The number of hydrogen-bond donors (Lipinski definition) is 1. The molecule has 1 aromatic rings. The summed E-state index contributed by atoms with van der Waals surface area (Å²) in [5.41, 5.74) is 1.17. The summed E-state index contributed by atoms with van der Waals surface area (Å²) in [6, 6.07) is 4.45. The molecule has 2 saturated heterocycles. The number of aromatic nitrogens is 1. The minimum Gasteiger partial charge on any atom is -0.345 e. The van der Waals surface area contributed by atoms with Crippen molar-refractivity contribution in [3.8, 4) is 6.07 Å². The molecule has 2 atom stereocenters. The van der Waals surface area contributed by atoms with Crippen LogP contribution in [0.5, 0.6) is 0 Å². The second kappa shape index (κ2) is 4.71. The van der Waals surface area contributed by atoms with Crippen LogP contribution in [0.2, 0.25) is 0 Å². The molecule has 2 bridgehead atoms. The lowest BCUT2D eigenvalue weighted by Gasteiger charge is -2.28. The minimum absolute atomic E-state index is 0.0696. The monoisotopic (exact) mass is 258 g/mol. The van der Waals surface area contributed by atoms with E-state index < -0.39 is 0 Å². The molecule has 1 aromatic heterocycles. The van der Waals surface area contributed by atoms with Gasteiger partial charge in [0.1, 0.15) is 11.8 Å². The van der Waals surface area contributed by atoms with Crippen molar-refractivity contribution in [2.75, 3.05) is 13.1 Å². The van der Waals surface area contributed by atoms with Gasteiger partial charge in [0.15, 0.2) is 0 Å². The van der Waals surface area contributed by atoms with Crippen molar-refractivity contribution in [3.05, 3.63) is 23.5 Å². The minimum atomic E-state index is 0.0696. The lowest BCUT2D eigenvalue weighted by atomic mass is 10.1. The molecule has 1 amide bonds. The molecular formula is C14H18N4O. The molecule has 5 heteroatoms. The number of carbonyl (C=O) groups is 1. The third-order valence-electron chi connectivity index (χ3n) is 4.24. The standard InChI is InChI=1S/C14H18N4O/c1-17-9-10(7-15)6-13(17)14(19)18-11-2-3-12(18)8-16-5-4-11/h6,9,11-12,16H,2-5,8H2,1H3/t11-,12+/m1/s1. The molecule has 0 radical (unpaired) electrons. The fraction of sp³-hybridized carbons (Fsp3) is 0.571. The Bertz CT molecular complexity index is 528. The predicted octanol–water partition coefficient (Wildman–Crippen LogP) is 0.863. The van der Waals surface area contributed by atoms with Crippen molar-refractivity contribution >= 4 is 5.91 Å². The van der Waals surface area contributed by atoms with Crippen molar-refractivity contribution in [2.45, 2.75) is 31.3 Å². The van der Waals surface area contributed by atoms with Gasteiger partial charge in [0, 0.05) is 31.9 Å². The Labute approximate surface area is 112 Å². The first kappa shape index (κ1) is 12.2. The molecule has 3 rings (SSSR count). The smallest absolute Gasteiger partial charge is 0.271 e. The molecule has 2 aliphatic heterocycles. The van der Waals surface area contributed by atoms with Gasteiger partial charge in [0.25, 0.3) is 5.91 Å². The fourth-order valence-corrected chi connectivity index (χ4v) is 3.28. The predicted molar refractivity (Wildman–Crippen MR) is 70.6 cm³/mol. The summed E-state index contributed by atoms with van der Waals surface area (Å²) in [6.45, 7) is 1.87. The van der Waals surface area contributed by atoms with E-state index in [1.54, 1.807) is 16.8 Å². The number of nitrogens with one attached hydrogen (secondary N) is 1. The highest BCUT2D eigenvalue weighted by molar-refractivity contribution is 5.94. The number of fused-ring (bicyclic) bond motifs is 2. The maximum atomic E-state index is 12.7. The van der Waals surface area contributed by atoms with Crippen molar-refractivity contribution in [3.63, 3.8) is 0 Å². The van der Waals surface area contributed by atoms with Crippen molar-refractivity contribution in [2.24, 2.45) is 7.05 Å². The molecule has 100 valence electrons. The number of rotatable bonds is 1. The Kier molecular flexibility index (Phi) is 3.03. The summed E-state index contributed by atoms with van der Waals surface area (Å²) in [7, 11) is 1.83. The van der Waals surface area contributed by atoms with Gasteiger partial charge < -0.3 is 14.8 Å². The Balaban J connectivity index is 1.91. The molecule has 0 saturated carbocycles. The zero-order valence-corrected chi connectivity index (χ0v) is 11.1. The maximum Gasteiger partial charge on any atom is 0.271 e. The average molecular weight is 258 g/mol. The van der Waals surface area contributed by atoms with Gasteiger partial charge in [0.2, 0.25) is 0 Å². The second-order valence-corrected chi connectivity index (χ2v) is 5.43. The Hall–Kier alpha value is -1.80. The van der Waals surface area contributed by atoms with Crippen LogP contribution >= 0.6 is 0 Å². The number of hydrogen-bond acceptors (Lipinski definition) is 3. The largest absolute Gasteiger partial charge is 0.345 e. The van der Waals surface area contributed by atoms with Gasteiger partial charge in [-0.1, -0.05) is 0 Å². The van der Waals surface area contributed by atoms with E-state index in [0.29, 0.717) is 23.3 Å². The number of nitriles is 1. The first-order valence-electron chi connectivity index (χ1n) is 6.80. The van der Waals surface area contributed by atoms with Crippen LogP contribution in [-0.4, -0.2) is 40.5 Å². The van der Waals surface area contributed by atoms with Crippen LogP contribution in [0.1, 0.15) is 35.3 Å². The molecule has 2 fully saturated rings. The van der Waals surface area contributed by atoms with E-state index in [2.05, 4.69) is 11.4 Å². The Morgan fingerprint density at radius 3 is 2.95 bits per heavy atom. The first-order chi connectivity index (χ1) is 9.20. The molecule has 5 nitrogen and oxygen atoms in total. The normalized spacial score (nSPS) is 26.0. The third-order valence-corrected chi connectivity index (χ3v) is 4.24. The summed E-state index contributed by atoms with van der Waals surface area (Å²) in [4.78, 5) is 14.8. The van der Waals surface area contributed by atoms with Gasteiger partial charge in [-0.15, -0.1) is 0 Å². The zero-order chi connectivity index (χ0) is 13.4. The van der Waals surface area contributed by atoms with E-state index in [4.69, 9.17) is 5.26 Å². The number of carbonyl (C=O) groups excluding carboxylic acids is 1. The van der Waals surface area contributed by atoms with Crippen LogP contribution in [0.3, 0.4) is 0 Å². The second-order valence-electron chi connectivity index (χ2n) is 5.43. The lowest BCUT2D eigenvalue weighted by molar-refractivity contribution is 0.0670. The average Bonchev–Trinajstić information content (AvgIpc) is 2.88. The molecular weight excluding hydrogens is 240 g/mol. The quantitative estimate of drug-likeness (QED) is 0.813. The van der Waals surface area contributed by atoms with Crippen molar-refractivity contribution in [1.82, 2.24) is 14.8 Å². The van der Waals surface area contributed by atoms with E-state index >= 15 is 0 Å². The number of aryl methyl sites for hydroxylation is 1. The van der Waals surface area contributed by atoms with E-state index in [-0.39, 0.29) is 5.91 Å². The molecule has 1 N–H and O–H groups in total. The van der Waals surface area contributed by atoms with E-state index in [9.17, 15) is 4.79 Å². The molecule has 0 spiro atoms. The first-order valence-corrected chi connectivity index (χ1v) is 6.80. The van der Waals surface area contributed by atoms with Gasteiger partial charge in [-0.3, -0.25) is 4.79 Å². The van der Waals surface area contributed by atoms with Crippen LogP contribution < -0.4 is 5.32 Å². The third kappa shape index (κ3) is 2.02.